The van der Waals surface area contributed by atoms with Crippen LogP contribution in [0.3, 0.4) is 0 Å². The fourth-order valence-corrected chi connectivity index (χ4v) is 3.10. The van der Waals surface area contributed by atoms with Gasteiger partial charge in [-0.3, -0.25) is 4.57 Å². The van der Waals surface area contributed by atoms with Crippen molar-refractivity contribution in [3.63, 3.8) is 0 Å². The molecule has 1 aromatic heterocycles. The van der Waals surface area contributed by atoms with E-state index in [0.29, 0.717) is 18.4 Å². The van der Waals surface area contributed by atoms with Crippen LogP contribution >= 0.6 is 0 Å². The van der Waals surface area contributed by atoms with E-state index in [2.05, 4.69) is 33.3 Å². The predicted octanol–water partition coefficient (Wildman–Crippen LogP) is 1.75. The predicted molar refractivity (Wildman–Crippen MR) is 69.9 cm³/mol. The molecule has 0 amide bonds. The molecule has 0 saturated heterocycles. The molecule has 0 fully saturated rings. The van der Waals surface area contributed by atoms with Gasteiger partial charge in [-0.25, -0.2) is 0 Å². The number of hydrogen-bond donors (Lipinski definition) is 2. The van der Waals surface area contributed by atoms with Crippen molar-refractivity contribution in [3.8, 4) is 11.8 Å². The van der Waals surface area contributed by atoms with Crippen LogP contribution in [0.4, 0.5) is 0 Å². The van der Waals surface area contributed by atoms with E-state index >= 15 is 0 Å². The van der Waals surface area contributed by atoms with Crippen molar-refractivity contribution in [1.82, 2.24) is 4.57 Å². The van der Waals surface area contributed by atoms with E-state index in [1.54, 1.807) is 4.57 Å². The Morgan fingerprint density at radius 1 is 1.11 bits per heavy atom. The minimum atomic E-state index is 0.271. The van der Waals surface area contributed by atoms with Crippen LogP contribution in [0.15, 0.2) is 12.2 Å². The molecule has 2 atom stereocenters. The number of aromatic nitrogens is 1. The molecule has 18 heavy (non-hydrogen) atoms. The highest BCUT2D eigenvalue weighted by Gasteiger charge is 2.40. The van der Waals surface area contributed by atoms with Gasteiger partial charge in [-0.2, -0.15) is 0 Å². The Morgan fingerprint density at radius 3 is 2.06 bits per heavy atom. The zero-order chi connectivity index (χ0) is 13.1. The van der Waals surface area contributed by atoms with Crippen LogP contribution in [-0.4, -0.2) is 47.0 Å². The topological polar surface area (TPSA) is 45.4 Å². The molecule has 2 aliphatic carbocycles. The van der Waals surface area contributed by atoms with Crippen molar-refractivity contribution in [2.24, 2.45) is 0 Å². The van der Waals surface area contributed by atoms with Gasteiger partial charge in [0.25, 0.3) is 0 Å². The van der Waals surface area contributed by atoms with Gasteiger partial charge in [-0.15, -0.1) is 0 Å². The summed E-state index contributed by atoms with van der Waals surface area (Å²) in [5.74, 6) is 1.16. The van der Waals surface area contributed by atoms with E-state index in [0.717, 1.165) is 28.6 Å². The molecule has 4 nitrogen and oxygen atoms in total. The number of nitrogens with zero attached hydrogens (tertiary/aromatic N) is 2. The molecule has 2 aliphatic rings. The molecule has 2 unspecified atom stereocenters. The summed E-state index contributed by atoms with van der Waals surface area (Å²) in [6, 6.07) is 0. The molecule has 0 radical (unpaired) electrons. The lowest BCUT2D eigenvalue weighted by molar-refractivity contribution is -0.871. The fourth-order valence-electron chi connectivity index (χ4n) is 3.10. The summed E-state index contributed by atoms with van der Waals surface area (Å²) in [5.41, 5.74) is 1.92. The van der Waals surface area contributed by atoms with Crippen LogP contribution < -0.4 is 0 Å². The lowest BCUT2D eigenvalue weighted by Gasteiger charge is -2.24. The van der Waals surface area contributed by atoms with E-state index in [1.165, 1.54) is 0 Å². The molecule has 0 spiro atoms. The number of aromatic hydroxyl groups is 2. The maximum Gasteiger partial charge on any atom is 0.198 e. The van der Waals surface area contributed by atoms with Gasteiger partial charge in [0, 0.05) is 23.0 Å². The maximum absolute atomic E-state index is 10.3. The molecule has 3 rings (SSSR count). The molecule has 2 N–H and O–H groups in total. The summed E-state index contributed by atoms with van der Waals surface area (Å²) >= 11 is 0. The summed E-state index contributed by atoms with van der Waals surface area (Å²) in [6.07, 6.45) is 5.31. The van der Waals surface area contributed by atoms with Crippen LogP contribution in [0.2, 0.25) is 0 Å². The second-order valence-corrected chi connectivity index (χ2v) is 6.47. The third kappa shape index (κ3) is 1.56. The molecule has 0 aliphatic heterocycles. The number of quaternary nitrogens is 1. The lowest BCUT2D eigenvalue weighted by Crippen LogP contribution is -2.37. The van der Waals surface area contributed by atoms with Gasteiger partial charge in [0.2, 0.25) is 0 Å². The Kier molecular flexibility index (Phi) is 2.29. The van der Waals surface area contributed by atoms with Crippen molar-refractivity contribution < 1.29 is 14.7 Å². The number of rotatable bonds is 3. The van der Waals surface area contributed by atoms with Crippen LogP contribution in [0, 0.1) is 0 Å². The normalized spacial score (nSPS) is 24.8. The van der Waals surface area contributed by atoms with Crippen molar-refractivity contribution in [2.45, 2.75) is 24.8 Å². The second kappa shape index (κ2) is 3.54. The lowest BCUT2D eigenvalue weighted by atomic mass is 10.0. The number of likely N-dealkylation sites (N-methyl/N-ethyl adjacent to an activating group) is 1. The Morgan fingerprint density at radius 2 is 1.61 bits per heavy atom. The first-order chi connectivity index (χ1) is 8.38. The van der Waals surface area contributed by atoms with Crippen LogP contribution in [-0.2, 0) is 6.54 Å². The zero-order valence-corrected chi connectivity index (χ0v) is 11.2. The Balaban J connectivity index is 1.94. The van der Waals surface area contributed by atoms with E-state index in [9.17, 15) is 10.2 Å². The maximum atomic E-state index is 10.3. The standard InChI is InChI=1S/C14H20N2O2/c1-16(2,3)7-6-15-13(17)11-9-4-5-10(8-9)12(11)14(15)18/h4-5,9-10H,6-8H2,1-3H3,(H-,17,18)/p+1. The molecular formula is C14H21N2O2+. The number of hydrogen-bond acceptors (Lipinski definition) is 2. The first kappa shape index (κ1) is 11.7. The monoisotopic (exact) mass is 249 g/mol. The number of fused-ring (bicyclic) bond motifs is 5. The molecule has 2 bridgehead atoms. The third-order valence-corrected chi connectivity index (χ3v) is 4.10. The molecule has 0 saturated carbocycles. The van der Waals surface area contributed by atoms with Gasteiger partial charge in [0.1, 0.15) is 0 Å². The first-order valence-electron chi connectivity index (χ1n) is 6.51. The fraction of sp³-hybridized carbons (Fsp3) is 0.571. The zero-order valence-electron chi connectivity index (χ0n) is 11.2. The van der Waals surface area contributed by atoms with Gasteiger partial charge in [-0.05, 0) is 6.42 Å². The van der Waals surface area contributed by atoms with Gasteiger partial charge in [0.15, 0.2) is 11.8 Å². The number of allylic oxidation sites excluding steroid dienone is 2. The van der Waals surface area contributed by atoms with Crippen LogP contribution in [0.1, 0.15) is 29.4 Å². The second-order valence-electron chi connectivity index (χ2n) is 6.47. The first-order valence-corrected chi connectivity index (χ1v) is 6.51. The molecule has 1 heterocycles. The van der Waals surface area contributed by atoms with Crippen molar-refractivity contribution in [1.29, 1.82) is 0 Å². The average Bonchev–Trinajstić information content (AvgIpc) is 2.90. The molecular weight excluding hydrogens is 228 g/mol. The van der Waals surface area contributed by atoms with Gasteiger partial charge in [-0.1, -0.05) is 12.2 Å². The SMILES string of the molecule is C[N+](C)(C)CCn1c(O)c2c(c1O)C1C=CC2C1. The van der Waals surface area contributed by atoms with Crippen LogP contribution in [0.25, 0.3) is 0 Å². The summed E-state index contributed by atoms with van der Waals surface area (Å²) < 4.78 is 2.48. The minimum Gasteiger partial charge on any atom is -0.494 e. The summed E-state index contributed by atoms with van der Waals surface area (Å²) in [5, 5.41) is 20.6. The molecule has 98 valence electrons. The van der Waals surface area contributed by atoms with E-state index < -0.39 is 0 Å². The van der Waals surface area contributed by atoms with E-state index in [4.69, 9.17) is 0 Å². The summed E-state index contributed by atoms with van der Waals surface area (Å²) in [4.78, 5) is 0. The largest absolute Gasteiger partial charge is 0.494 e. The quantitative estimate of drug-likeness (QED) is 0.633. The van der Waals surface area contributed by atoms with Crippen molar-refractivity contribution in [2.75, 3.05) is 27.7 Å². The van der Waals surface area contributed by atoms with Crippen LogP contribution in [0.5, 0.6) is 11.8 Å². The summed E-state index contributed by atoms with van der Waals surface area (Å²) in [7, 11) is 6.32. The molecule has 4 heteroatoms. The Labute approximate surface area is 107 Å². The van der Waals surface area contributed by atoms with Gasteiger partial charge < -0.3 is 14.7 Å². The van der Waals surface area contributed by atoms with E-state index in [-0.39, 0.29) is 11.8 Å². The highest BCUT2D eigenvalue weighted by molar-refractivity contribution is 5.58. The van der Waals surface area contributed by atoms with Gasteiger partial charge >= 0.3 is 0 Å². The Bertz CT molecular complexity index is 487. The minimum absolute atomic E-state index is 0.271. The summed E-state index contributed by atoms with van der Waals surface area (Å²) in [6.45, 7) is 1.52. The van der Waals surface area contributed by atoms with E-state index in [1.807, 2.05) is 0 Å². The van der Waals surface area contributed by atoms with Gasteiger partial charge in [0.05, 0.1) is 34.2 Å². The highest BCUT2D eigenvalue weighted by Crippen LogP contribution is 2.56. The highest BCUT2D eigenvalue weighted by atomic mass is 16.3. The average molecular weight is 249 g/mol. The van der Waals surface area contributed by atoms with Crippen molar-refractivity contribution in [3.05, 3.63) is 23.3 Å². The Hall–Kier alpha value is -1.42. The third-order valence-electron chi connectivity index (χ3n) is 4.10. The smallest absolute Gasteiger partial charge is 0.198 e. The molecule has 0 aromatic carbocycles. The molecule has 1 aromatic rings. The van der Waals surface area contributed by atoms with Crippen molar-refractivity contribution >= 4 is 0 Å².